The van der Waals surface area contributed by atoms with Gasteiger partial charge in [-0.2, -0.15) is 0 Å². The second kappa shape index (κ2) is 8.59. The summed E-state index contributed by atoms with van der Waals surface area (Å²) in [7, 11) is 0. The summed E-state index contributed by atoms with van der Waals surface area (Å²) < 4.78 is 0. The van der Waals surface area contributed by atoms with E-state index in [4.69, 9.17) is 0 Å². The fourth-order valence-electron chi connectivity index (χ4n) is 5.26. The van der Waals surface area contributed by atoms with E-state index < -0.39 is 0 Å². The van der Waals surface area contributed by atoms with E-state index in [9.17, 15) is 0 Å². The summed E-state index contributed by atoms with van der Waals surface area (Å²) in [4.78, 5) is 0. The van der Waals surface area contributed by atoms with Crippen molar-refractivity contribution >= 4 is 33.9 Å². The molecule has 0 saturated carbocycles. The van der Waals surface area contributed by atoms with Gasteiger partial charge in [-0.3, -0.25) is 0 Å². The van der Waals surface area contributed by atoms with Crippen molar-refractivity contribution in [2.75, 3.05) is 16.0 Å². The fraction of sp³-hybridized carbons (Fsp3) is 0.467. The van der Waals surface area contributed by atoms with Gasteiger partial charge >= 0.3 is 0 Å². The van der Waals surface area contributed by atoms with Gasteiger partial charge in [-0.25, -0.2) is 0 Å². The number of fused-ring (bicyclic) bond motifs is 2. The number of benzene rings is 2. The normalized spacial score (nSPS) is 23.5. The summed E-state index contributed by atoms with van der Waals surface area (Å²) in [6.07, 6.45) is 9.08. The van der Waals surface area contributed by atoms with Gasteiger partial charge in [-0.1, -0.05) is 39.8 Å². The van der Waals surface area contributed by atoms with Gasteiger partial charge in [0.15, 0.2) is 0 Å². The Kier molecular flexibility index (Phi) is 6.11. The van der Waals surface area contributed by atoms with Gasteiger partial charge in [0.05, 0.1) is 11.1 Å². The molecule has 0 aliphatic carbocycles. The predicted octanol–water partition coefficient (Wildman–Crippen LogP) is 8.82. The Hall–Kier alpha value is -2.68. The molecule has 3 nitrogen and oxygen atoms in total. The lowest BCUT2D eigenvalue weighted by Gasteiger charge is -2.36. The number of allylic oxidation sites excluding steroid dienone is 2. The lowest BCUT2D eigenvalue weighted by Crippen LogP contribution is -2.35. The van der Waals surface area contributed by atoms with Crippen molar-refractivity contribution in [1.29, 1.82) is 0 Å². The first kappa shape index (κ1) is 23.5. The molecule has 2 heterocycles. The maximum absolute atomic E-state index is 3.80. The van der Waals surface area contributed by atoms with E-state index in [1.807, 2.05) is 0 Å². The van der Waals surface area contributed by atoms with Crippen molar-refractivity contribution in [3.63, 3.8) is 0 Å². The molecule has 2 aliphatic rings. The minimum absolute atomic E-state index is 0.0243. The highest BCUT2D eigenvalue weighted by molar-refractivity contribution is 5.88. The summed E-state index contributed by atoms with van der Waals surface area (Å²) in [6, 6.07) is 9.19. The van der Waals surface area contributed by atoms with E-state index in [1.54, 1.807) is 0 Å². The molecule has 0 amide bonds. The minimum Gasteiger partial charge on any atom is -0.376 e. The average Bonchev–Trinajstić information content (AvgIpc) is 2.79. The molecule has 0 spiro atoms. The summed E-state index contributed by atoms with van der Waals surface area (Å²) in [5, 5.41) is 11.3. The molecule has 2 aromatic carbocycles. The molecule has 0 aromatic heterocycles. The van der Waals surface area contributed by atoms with Crippen LogP contribution in [0.1, 0.15) is 89.5 Å². The molecule has 0 fully saturated rings. The third kappa shape index (κ3) is 4.30. The smallest absolute Gasteiger partial charge is 0.0531 e. The van der Waals surface area contributed by atoms with Crippen LogP contribution in [0.4, 0.5) is 22.7 Å². The standard InChI is InChI=1S/C30H41N3/c1-9-21-17-29(7,11-3)32-27-19(5)13-23(15-25(21)27)31-24-14-20(6)28-26(16-24)22(10-2)18-30(8,12-4)33-28/h13-18,31-33H,9-12H2,1-8H3. The highest BCUT2D eigenvalue weighted by atomic mass is 15.0. The highest BCUT2D eigenvalue weighted by Gasteiger charge is 2.29. The van der Waals surface area contributed by atoms with Gasteiger partial charge in [-0.15, -0.1) is 0 Å². The molecule has 176 valence electrons. The van der Waals surface area contributed by atoms with Crippen molar-refractivity contribution in [3.8, 4) is 0 Å². The highest BCUT2D eigenvalue weighted by Crippen LogP contribution is 2.43. The molecular weight excluding hydrogens is 402 g/mol. The lowest BCUT2D eigenvalue weighted by atomic mass is 9.84. The molecule has 2 aromatic rings. The van der Waals surface area contributed by atoms with Crippen LogP contribution in [-0.2, 0) is 0 Å². The molecule has 0 saturated heterocycles. The van der Waals surface area contributed by atoms with E-state index >= 15 is 0 Å². The zero-order valence-corrected chi connectivity index (χ0v) is 21.8. The van der Waals surface area contributed by atoms with E-state index in [1.165, 1.54) is 44.8 Å². The molecule has 0 radical (unpaired) electrons. The Labute approximate surface area is 200 Å². The summed E-state index contributed by atoms with van der Waals surface area (Å²) in [6.45, 7) is 18.1. The van der Waals surface area contributed by atoms with Gasteiger partial charge in [0.25, 0.3) is 0 Å². The van der Waals surface area contributed by atoms with Crippen LogP contribution in [0.5, 0.6) is 0 Å². The van der Waals surface area contributed by atoms with Crippen LogP contribution in [0, 0.1) is 13.8 Å². The zero-order valence-electron chi connectivity index (χ0n) is 21.8. The summed E-state index contributed by atoms with van der Waals surface area (Å²) >= 11 is 0. The second-order valence-corrected chi connectivity index (χ2v) is 10.4. The third-order valence-corrected chi connectivity index (χ3v) is 7.69. The minimum atomic E-state index is 0.0243. The number of hydrogen-bond donors (Lipinski definition) is 3. The van der Waals surface area contributed by atoms with Crippen molar-refractivity contribution < 1.29 is 0 Å². The van der Waals surface area contributed by atoms with Crippen LogP contribution in [-0.4, -0.2) is 11.1 Å². The van der Waals surface area contributed by atoms with Crippen LogP contribution in [0.3, 0.4) is 0 Å². The van der Waals surface area contributed by atoms with Crippen LogP contribution in [0.15, 0.2) is 36.4 Å². The van der Waals surface area contributed by atoms with Crippen molar-refractivity contribution in [2.45, 2.75) is 92.2 Å². The average molecular weight is 444 g/mol. The van der Waals surface area contributed by atoms with Gasteiger partial charge in [-0.05, 0) is 99.9 Å². The molecule has 0 bridgehead atoms. The van der Waals surface area contributed by atoms with E-state index in [0.717, 1.165) is 37.1 Å². The van der Waals surface area contributed by atoms with Crippen molar-refractivity contribution in [2.24, 2.45) is 0 Å². The van der Waals surface area contributed by atoms with E-state index in [2.05, 4.69) is 108 Å². The van der Waals surface area contributed by atoms with Crippen LogP contribution in [0.2, 0.25) is 0 Å². The predicted molar refractivity (Wildman–Crippen MR) is 147 cm³/mol. The molecule has 2 aliphatic heterocycles. The largest absolute Gasteiger partial charge is 0.376 e. The first-order valence-corrected chi connectivity index (χ1v) is 12.7. The van der Waals surface area contributed by atoms with Gasteiger partial charge in [0, 0.05) is 33.9 Å². The second-order valence-electron chi connectivity index (χ2n) is 10.4. The first-order valence-electron chi connectivity index (χ1n) is 12.7. The number of nitrogens with one attached hydrogen (secondary N) is 3. The quantitative estimate of drug-likeness (QED) is 0.417. The molecule has 2 unspecified atom stereocenters. The Balaban J connectivity index is 1.72. The van der Waals surface area contributed by atoms with Crippen LogP contribution < -0.4 is 16.0 Å². The van der Waals surface area contributed by atoms with Gasteiger partial charge in [0.2, 0.25) is 0 Å². The van der Waals surface area contributed by atoms with Gasteiger partial charge in [0.1, 0.15) is 0 Å². The zero-order chi connectivity index (χ0) is 24.0. The first-order chi connectivity index (χ1) is 15.6. The Bertz CT molecular complexity index is 1050. The summed E-state index contributed by atoms with van der Waals surface area (Å²) in [5.74, 6) is 0. The lowest BCUT2D eigenvalue weighted by molar-refractivity contribution is 0.607. The molecule has 33 heavy (non-hydrogen) atoms. The molecule has 3 heteroatoms. The van der Waals surface area contributed by atoms with E-state index in [-0.39, 0.29) is 11.1 Å². The topological polar surface area (TPSA) is 36.1 Å². The molecule has 2 atom stereocenters. The van der Waals surface area contributed by atoms with E-state index in [0.29, 0.717) is 0 Å². The molecular formula is C30H41N3. The third-order valence-electron chi connectivity index (χ3n) is 7.69. The number of rotatable bonds is 6. The van der Waals surface area contributed by atoms with Gasteiger partial charge < -0.3 is 16.0 Å². The Morgan fingerprint density at radius 2 is 1.06 bits per heavy atom. The number of hydrogen-bond acceptors (Lipinski definition) is 3. The maximum atomic E-state index is 3.80. The maximum Gasteiger partial charge on any atom is 0.0531 e. The SMILES string of the molecule is CCC1=CC(C)(CC)Nc2c(C)cc(Nc3cc(C)c4c(c3)C(CC)=CC(C)(CC)N4)cc21. The number of aryl methyl sites for hydroxylation is 2. The van der Waals surface area contributed by atoms with Crippen molar-refractivity contribution in [3.05, 3.63) is 58.7 Å². The van der Waals surface area contributed by atoms with Crippen LogP contribution >= 0.6 is 0 Å². The summed E-state index contributed by atoms with van der Waals surface area (Å²) in [5.41, 5.74) is 13.0. The van der Waals surface area contributed by atoms with Crippen molar-refractivity contribution in [1.82, 2.24) is 0 Å². The molecule has 4 rings (SSSR count). The fourth-order valence-corrected chi connectivity index (χ4v) is 5.26. The Morgan fingerprint density at radius 3 is 1.39 bits per heavy atom. The number of anilines is 4. The monoisotopic (exact) mass is 443 g/mol. The molecule has 3 N–H and O–H groups in total. The Morgan fingerprint density at radius 1 is 0.667 bits per heavy atom. The van der Waals surface area contributed by atoms with Crippen LogP contribution in [0.25, 0.3) is 11.1 Å².